The van der Waals surface area contributed by atoms with E-state index in [0.717, 1.165) is 0 Å². The lowest BCUT2D eigenvalue weighted by Gasteiger charge is -2.18. The largest absolute Gasteiger partial charge is 0.466 e. The zero-order valence-electron chi connectivity index (χ0n) is 24.7. The fourth-order valence-electron chi connectivity index (χ4n) is 3.05. The third-order valence-corrected chi connectivity index (χ3v) is 5.26. The first-order valence-corrected chi connectivity index (χ1v) is 13.9. The van der Waals surface area contributed by atoms with Crippen LogP contribution in [0.15, 0.2) is 24.3 Å². The van der Waals surface area contributed by atoms with Gasteiger partial charge in [0.25, 0.3) is 0 Å². The van der Waals surface area contributed by atoms with Crippen LogP contribution < -0.4 is 0 Å². The molecule has 0 aliphatic heterocycles. The topological polar surface area (TPSA) is 158 Å². The normalized spacial score (nSPS) is 11.8. The summed E-state index contributed by atoms with van der Waals surface area (Å²) in [4.78, 5) is 73.9. The molecule has 41 heavy (non-hydrogen) atoms. The van der Waals surface area contributed by atoms with Gasteiger partial charge in [0.1, 0.15) is 0 Å². The molecule has 0 rings (SSSR count). The number of carbonyl (C=O) groups is 6. The van der Waals surface area contributed by atoms with Crippen LogP contribution in [0.1, 0.15) is 72.6 Å². The van der Waals surface area contributed by atoms with Crippen LogP contribution in [0.3, 0.4) is 0 Å². The third kappa shape index (κ3) is 15.6. The van der Waals surface area contributed by atoms with E-state index in [-0.39, 0.29) is 57.2 Å². The summed E-state index contributed by atoms with van der Waals surface area (Å²) in [7, 11) is 0. The zero-order chi connectivity index (χ0) is 31.2. The highest BCUT2D eigenvalue weighted by molar-refractivity contribution is 5.97. The van der Waals surface area contributed by atoms with Gasteiger partial charge in [0, 0.05) is 17.6 Å². The van der Waals surface area contributed by atoms with Crippen molar-refractivity contribution < 1.29 is 57.2 Å². The number of esters is 6. The van der Waals surface area contributed by atoms with E-state index in [1.165, 1.54) is 0 Å². The van der Waals surface area contributed by atoms with Crippen LogP contribution in [-0.2, 0) is 57.2 Å². The van der Waals surface area contributed by atoms with E-state index >= 15 is 0 Å². The number of ether oxygens (including phenoxy) is 6. The fraction of sp³-hybridized carbons (Fsp3) is 0.655. The van der Waals surface area contributed by atoms with Crippen LogP contribution in [0.2, 0.25) is 0 Å². The molecule has 232 valence electrons. The van der Waals surface area contributed by atoms with E-state index in [9.17, 15) is 28.8 Å². The van der Waals surface area contributed by atoms with Crippen LogP contribution in [0.5, 0.6) is 0 Å². The van der Waals surface area contributed by atoms with E-state index in [2.05, 4.69) is 13.2 Å². The molecule has 0 radical (unpaired) electrons. The van der Waals surface area contributed by atoms with Gasteiger partial charge in [-0.3, -0.25) is 19.2 Å². The highest BCUT2D eigenvalue weighted by atomic mass is 16.6. The van der Waals surface area contributed by atoms with E-state index in [0.29, 0.717) is 25.7 Å². The number of carbonyl (C=O) groups excluding carboxylic acids is 6. The number of hydrogen-bond donors (Lipinski definition) is 0. The second-order valence-electron chi connectivity index (χ2n) is 8.97. The molecular weight excluding hydrogens is 540 g/mol. The van der Waals surface area contributed by atoms with E-state index in [4.69, 9.17) is 28.4 Å². The van der Waals surface area contributed by atoms with Crippen molar-refractivity contribution >= 4 is 35.8 Å². The van der Waals surface area contributed by atoms with Crippen LogP contribution in [-0.4, -0.2) is 75.5 Å². The summed E-state index contributed by atoms with van der Waals surface area (Å²) in [6, 6.07) is 0. The lowest BCUT2D eigenvalue weighted by molar-refractivity contribution is -0.156. The Morgan fingerprint density at radius 3 is 1.12 bits per heavy atom. The van der Waals surface area contributed by atoms with Gasteiger partial charge in [-0.1, -0.05) is 40.9 Å². The SMILES string of the molecule is C=C(C(=O)OCCCOC(=O)C(=C)C(CC(=O)OCCC)C(=O)OCCC)C(CC(=O)OCCC)C(=O)OCCC. The molecule has 0 aromatic heterocycles. The molecule has 2 atom stereocenters. The maximum atomic E-state index is 12.5. The van der Waals surface area contributed by atoms with Gasteiger partial charge in [-0.25, -0.2) is 9.59 Å². The Balaban J connectivity index is 4.95. The van der Waals surface area contributed by atoms with Crippen molar-refractivity contribution in [3.8, 4) is 0 Å². The van der Waals surface area contributed by atoms with Gasteiger partial charge in [-0.05, 0) is 25.7 Å². The minimum atomic E-state index is -1.27. The summed E-state index contributed by atoms with van der Waals surface area (Å²) >= 11 is 0. The monoisotopic (exact) mass is 584 g/mol. The van der Waals surface area contributed by atoms with Gasteiger partial charge in [-0.15, -0.1) is 0 Å². The average molecular weight is 585 g/mol. The summed E-state index contributed by atoms with van der Waals surface area (Å²) in [5.41, 5.74) is -0.540. The molecule has 0 heterocycles. The molecule has 0 aliphatic rings. The van der Waals surface area contributed by atoms with Crippen molar-refractivity contribution in [1.29, 1.82) is 0 Å². The van der Waals surface area contributed by atoms with Gasteiger partial charge >= 0.3 is 35.8 Å². The van der Waals surface area contributed by atoms with Crippen molar-refractivity contribution in [1.82, 2.24) is 0 Å². The molecule has 0 bridgehead atoms. The van der Waals surface area contributed by atoms with E-state index in [1.54, 1.807) is 13.8 Å². The predicted octanol–water partition coefficient (Wildman–Crippen LogP) is 3.40. The predicted molar refractivity (Wildman–Crippen MR) is 146 cm³/mol. The van der Waals surface area contributed by atoms with Crippen LogP contribution in [0, 0.1) is 11.8 Å². The Morgan fingerprint density at radius 1 is 0.488 bits per heavy atom. The Kier molecular flexibility index (Phi) is 20.1. The Bertz CT molecular complexity index is 835. The highest BCUT2D eigenvalue weighted by Gasteiger charge is 2.33. The summed E-state index contributed by atoms with van der Waals surface area (Å²) in [5, 5.41) is 0. The van der Waals surface area contributed by atoms with Crippen LogP contribution in [0.4, 0.5) is 0 Å². The molecular formula is C29H44O12. The van der Waals surface area contributed by atoms with Gasteiger partial charge in [-0.2, -0.15) is 0 Å². The summed E-state index contributed by atoms with van der Waals surface area (Å²) in [6.07, 6.45) is 1.48. The first-order valence-electron chi connectivity index (χ1n) is 13.9. The summed E-state index contributed by atoms with van der Waals surface area (Å²) in [5.74, 6) is -7.33. The fourth-order valence-corrected chi connectivity index (χ4v) is 3.05. The Labute approximate surface area is 241 Å². The van der Waals surface area contributed by atoms with E-state index < -0.39 is 60.5 Å². The first-order chi connectivity index (χ1) is 19.5. The molecule has 0 aliphatic carbocycles. The second-order valence-corrected chi connectivity index (χ2v) is 8.97. The third-order valence-electron chi connectivity index (χ3n) is 5.26. The molecule has 12 nitrogen and oxygen atoms in total. The molecule has 2 unspecified atom stereocenters. The van der Waals surface area contributed by atoms with Crippen molar-refractivity contribution in [3.05, 3.63) is 24.3 Å². The molecule has 0 amide bonds. The Morgan fingerprint density at radius 2 is 0.805 bits per heavy atom. The van der Waals surface area contributed by atoms with Crippen LogP contribution in [0.25, 0.3) is 0 Å². The van der Waals surface area contributed by atoms with Gasteiger partial charge < -0.3 is 28.4 Å². The van der Waals surface area contributed by atoms with Gasteiger partial charge in [0.2, 0.25) is 0 Å². The standard InChI is InChI=1S/C29H44O12/c1-7-12-36-24(30)18-22(28(34)38-14-9-3)20(5)26(32)40-16-11-17-41-27(33)21(6)23(29(35)39-15-10-4)19-25(31)37-13-8-2/h22-23H,5-19H2,1-4H3. The summed E-state index contributed by atoms with van der Waals surface area (Å²) in [6.45, 7) is 14.6. The lowest BCUT2D eigenvalue weighted by atomic mass is 9.97. The van der Waals surface area contributed by atoms with Gasteiger partial charge in [0.15, 0.2) is 0 Å². The molecule has 0 saturated carbocycles. The lowest BCUT2D eigenvalue weighted by Crippen LogP contribution is -2.28. The second kappa shape index (κ2) is 22.0. The molecule has 0 aromatic carbocycles. The molecule has 0 aromatic rings. The van der Waals surface area contributed by atoms with Crippen molar-refractivity contribution in [3.63, 3.8) is 0 Å². The zero-order valence-corrected chi connectivity index (χ0v) is 24.7. The van der Waals surface area contributed by atoms with Gasteiger partial charge in [0.05, 0.1) is 64.3 Å². The maximum absolute atomic E-state index is 12.5. The smallest absolute Gasteiger partial charge is 0.334 e. The first kappa shape index (κ1) is 37.3. The van der Waals surface area contributed by atoms with Crippen molar-refractivity contribution in [2.24, 2.45) is 11.8 Å². The molecule has 0 spiro atoms. The average Bonchev–Trinajstić information content (AvgIpc) is 2.96. The quantitative estimate of drug-likeness (QED) is 0.0791. The minimum Gasteiger partial charge on any atom is -0.466 e. The molecule has 0 fully saturated rings. The molecule has 0 N–H and O–H groups in total. The minimum absolute atomic E-state index is 0.0605. The van der Waals surface area contributed by atoms with Crippen LogP contribution >= 0.6 is 0 Å². The van der Waals surface area contributed by atoms with E-state index in [1.807, 2.05) is 13.8 Å². The highest BCUT2D eigenvalue weighted by Crippen LogP contribution is 2.20. The molecule has 0 saturated heterocycles. The van der Waals surface area contributed by atoms with Crippen molar-refractivity contribution in [2.45, 2.75) is 72.6 Å². The summed E-state index contributed by atoms with van der Waals surface area (Å²) < 4.78 is 30.4. The maximum Gasteiger partial charge on any atom is 0.334 e. The van der Waals surface area contributed by atoms with Crippen molar-refractivity contribution in [2.75, 3.05) is 39.6 Å². The number of rotatable bonds is 22. The molecule has 12 heteroatoms. The Hall–Kier alpha value is -3.70. The number of hydrogen-bond acceptors (Lipinski definition) is 12.